The van der Waals surface area contributed by atoms with Crippen LogP contribution in [0, 0.1) is 5.92 Å². The zero-order chi connectivity index (χ0) is 14.5. The predicted octanol–water partition coefficient (Wildman–Crippen LogP) is 4.59. The van der Waals surface area contributed by atoms with E-state index in [0.717, 1.165) is 12.5 Å². The molecule has 2 heterocycles. The molecule has 1 saturated carbocycles. The zero-order valence-corrected chi connectivity index (χ0v) is 13.6. The summed E-state index contributed by atoms with van der Waals surface area (Å²) in [7, 11) is 0. The average molecular weight is 303 g/mol. The zero-order valence-electron chi connectivity index (χ0n) is 12.8. The SMILES string of the molecule is C[C@@H](NCc1cn[nH]c1-c1cccs1)C1CCCCCC1. The number of aromatic amines is 1. The normalized spacial score (nSPS) is 18.5. The predicted molar refractivity (Wildman–Crippen MR) is 89.4 cm³/mol. The van der Waals surface area contributed by atoms with Gasteiger partial charge >= 0.3 is 0 Å². The van der Waals surface area contributed by atoms with Gasteiger partial charge < -0.3 is 5.32 Å². The molecule has 1 fully saturated rings. The van der Waals surface area contributed by atoms with Gasteiger partial charge in [0.25, 0.3) is 0 Å². The van der Waals surface area contributed by atoms with Crippen LogP contribution < -0.4 is 5.32 Å². The molecule has 2 aromatic heterocycles. The van der Waals surface area contributed by atoms with Crippen LogP contribution in [0.2, 0.25) is 0 Å². The van der Waals surface area contributed by atoms with E-state index in [-0.39, 0.29) is 0 Å². The van der Waals surface area contributed by atoms with Crippen LogP contribution in [0.5, 0.6) is 0 Å². The molecular weight excluding hydrogens is 278 g/mol. The summed E-state index contributed by atoms with van der Waals surface area (Å²) in [6.07, 6.45) is 10.4. The van der Waals surface area contributed by atoms with Gasteiger partial charge in [0.1, 0.15) is 0 Å². The third-order valence-electron chi connectivity index (χ3n) is 4.71. The lowest BCUT2D eigenvalue weighted by atomic mass is 9.93. The monoisotopic (exact) mass is 303 g/mol. The van der Waals surface area contributed by atoms with E-state index < -0.39 is 0 Å². The molecule has 0 radical (unpaired) electrons. The summed E-state index contributed by atoms with van der Waals surface area (Å²) in [6, 6.07) is 4.83. The molecule has 0 unspecified atom stereocenters. The number of H-pyrrole nitrogens is 1. The molecule has 4 heteroatoms. The first-order chi connectivity index (χ1) is 10.3. The third-order valence-corrected chi connectivity index (χ3v) is 5.59. The second kappa shape index (κ2) is 7.23. The second-order valence-corrected chi connectivity index (χ2v) is 7.12. The fourth-order valence-electron chi connectivity index (χ4n) is 3.33. The van der Waals surface area contributed by atoms with Gasteiger partial charge in [-0.25, -0.2) is 0 Å². The fourth-order valence-corrected chi connectivity index (χ4v) is 4.08. The number of rotatable bonds is 5. The summed E-state index contributed by atoms with van der Waals surface area (Å²) >= 11 is 1.76. The minimum atomic E-state index is 0.592. The maximum atomic E-state index is 4.23. The van der Waals surface area contributed by atoms with Crippen LogP contribution in [0.25, 0.3) is 10.6 Å². The largest absolute Gasteiger partial charge is 0.310 e. The van der Waals surface area contributed by atoms with Crippen molar-refractivity contribution in [3.63, 3.8) is 0 Å². The Morgan fingerprint density at radius 3 is 2.86 bits per heavy atom. The molecule has 1 atom stereocenters. The molecule has 0 amide bonds. The van der Waals surface area contributed by atoms with Crippen LogP contribution in [-0.4, -0.2) is 16.2 Å². The van der Waals surface area contributed by atoms with Crippen LogP contribution in [0.1, 0.15) is 51.0 Å². The van der Waals surface area contributed by atoms with Gasteiger partial charge in [0.15, 0.2) is 0 Å². The molecule has 2 N–H and O–H groups in total. The van der Waals surface area contributed by atoms with Crippen LogP contribution in [0.4, 0.5) is 0 Å². The molecule has 3 nitrogen and oxygen atoms in total. The molecule has 0 aromatic carbocycles. The first-order valence-corrected chi connectivity index (χ1v) is 9.02. The Kier molecular flexibility index (Phi) is 5.09. The summed E-state index contributed by atoms with van der Waals surface area (Å²) in [5.41, 5.74) is 2.45. The highest BCUT2D eigenvalue weighted by Crippen LogP contribution is 2.27. The Balaban J connectivity index is 1.59. The van der Waals surface area contributed by atoms with Crippen LogP contribution in [-0.2, 0) is 6.54 Å². The van der Waals surface area contributed by atoms with Crippen molar-refractivity contribution < 1.29 is 0 Å². The summed E-state index contributed by atoms with van der Waals surface area (Å²) in [4.78, 5) is 1.27. The van der Waals surface area contributed by atoms with Crippen molar-refractivity contribution in [3.8, 4) is 10.6 Å². The van der Waals surface area contributed by atoms with E-state index in [1.54, 1.807) is 11.3 Å². The van der Waals surface area contributed by atoms with E-state index in [0.29, 0.717) is 6.04 Å². The van der Waals surface area contributed by atoms with E-state index in [4.69, 9.17) is 0 Å². The Hall–Kier alpha value is -1.13. The average Bonchev–Trinajstić information content (AvgIpc) is 3.10. The first kappa shape index (κ1) is 14.8. The highest BCUT2D eigenvalue weighted by atomic mass is 32.1. The minimum absolute atomic E-state index is 0.592. The lowest BCUT2D eigenvalue weighted by Crippen LogP contribution is -2.33. The van der Waals surface area contributed by atoms with Crippen molar-refractivity contribution >= 4 is 11.3 Å². The van der Waals surface area contributed by atoms with Gasteiger partial charge in [-0.05, 0) is 37.1 Å². The van der Waals surface area contributed by atoms with Crippen molar-refractivity contribution in [2.24, 2.45) is 5.92 Å². The number of nitrogens with zero attached hydrogens (tertiary/aromatic N) is 1. The molecule has 0 spiro atoms. The molecular formula is C17H25N3S. The van der Waals surface area contributed by atoms with E-state index in [9.17, 15) is 0 Å². The van der Waals surface area contributed by atoms with Crippen molar-refractivity contribution in [1.29, 1.82) is 0 Å². The highest BCUT2D eigenvalue weighted by Gasteiger charge is 2.19. The van der Waals surface area contributed by atoms with Crippen molar-refractivity contribution in [2.45, 2.75) is 58.0 Å². The van der Waals surface area contributed by atoms with Crippen molar-refractivity contribution in [2.75, 3.05) is 0 Å². The quantitative estimate of drug-likeness (QED) is 0.793. The lowest BCUT2D eigenvalue weighted by molar-refractivity contribution is 0.337. The van der Waals surface area contributed by atoms with E-state index in [1.807, 2.05) is 6.20 Å². The number of aromatic nitrogens is 2. The minimum Gasteiger partial charge on any atom is -0.310 e. The van der Waals surface area contributed by atoms with Gasteiger partial charge in [-0.2, -0.15) is 5.10 Å². The topological polar surface area (TPSA) is 40.7 Å². The van der Waals surface area contributed by atoms with Gasteiger partial charge in [-0.1, -0.05) is 31.7 Å². The van der Waals surface area contributed by atoms with Gasteiger partial charge in [0.2, 0.25) is 0 Å². The van der Waals surface area contributed by atoms with E-state index in [1.165, 1.54) is 54.7 Å². The maximum Gasteiger partial charge on any atom is 0.0794 e. The second-order valence-electron chi connectivity index (χ2n) is 6.17. The molecule has 114 valence electrons. The standard InChI is InChI=1S/C17H25N3S/c1-13(14-7-4-2-3-5-8-14)18-11-15-12-19-20-17(15)16-9-6-10-21-16/h6,9-10,12-14,18H,2-5,7-8,11H2,1H3,(H,19,20)/t13-/m1/s1. The molecule has 21 heavy (non-hydrogen) atoms. The summed E-state index contributed by atoms with van der Waals surface area (Å²) in [6.45, 7) is 3.25. The van der Waals surface area contributed by atoms with Gasteiger partial charge in [-0.3, -0.25) is 5.10 Å². The molecule has 1 aliphatic rings. The van der Waals surface area contributed by atoms with Gasteiger partial charge in [0.05, 0.1) is 16.8 Å². The molecule has 2 aromatic rings. The molecule has 0 saturated heterocycles. The molecule has 1 aliphatic carbocycles. The van der Waals surface area contributed by atoms with Crippen LogP contribution in [0.15, 0.2) is 23.7 Å². The van der Waals surface area contributed by atoms with Crippen LogP contribution in [0.3, 0.4) is 0 Å². The van der Waals surface area contributed by atoms with E-state index >= 15 is 0 Å². The summed E-state index contributed by atoms with van der Waals surface area (Å²) in [5, 5.41) is 13.2. The molecule has 3 rings (SSSR count). The Bertz CT molecular complexity index is 524. The Morgan fingerprint density at radius 1 is 1.33 bits per heavy atom. The number of thiophene rings is 1. The first-order valence-electron chi connectivity index (χ1n) is 8.14. The smallest absolute Gasteiger partial charge is 0.0794 e. The van der Waals surface area contributed by atoms with Gasteiger partial charge in [0, 0.05) is 18.2 Å². The van der Waals surface area contributed by atoms with Crippen molar-refractivity contribution in [3.05, 3.63) is 29.3 Å². The third kappa shape index (κ3) is 3.74. The number of nitrogens with one attached hydrogen (secondary N) is 2. The Morgan fingerprint density at radius 2 is 2.14 bits per heavy atom. The van der Waals surface area contributed by atoms with Crippen LogP contribution >= 0.6 is 11.3 Å². The number of hydrogen-bond donors (Lipinski definition) is 2. The highest BCUT2D eigenvalue weighted by molar-refractivity contribution is 7.13. The Labute approximate surface area is 131 Å². The summed E-state index contributed by atoms with van der Waals surface area (Å²) in [5.74, 6) is 0.838. The fraction of sp³-hybridized carbons (Fsp3) is 0.588. The lowest BCUT2D eigenvalue weighted by Gasteiger charge is -2.23. The molecule has 0 aliphatic heterocycles. The van der Waals surface area contributed by atoms with E-state index in [2.05, 4.69) is 40.0 Å². The summed E-state index contributed by atoms with van der Waals surface area (Å²) < 4.78 is 0. The maximum absolute atomic E-state index is 4.23. The number of hydrogen-bond acceptors (Lipinski definition) is 3. The van der Waals surface area contributed by atoms with Gasteiger partial charge in [-0.15, -0.1) is 11.3 Å². The molecule has 0 bridgehead atoms. The van der Waals surface area contributed by atoms with Crippen molar-refractivity contribution in [1.82, 2.24) is 15.5 Å².